The lowest BCUT2D eigenvalue weighted by Crippen LogP contribution is -2.27. The van der Waals surface area contributed by atoms with Crippen LogP contribution in [-0.4, -0.2) is 32.4 Å². The standard InChI is InChI=1S/C23H30N4O/c1-3-4-5-6-7-10-16-27-21-14-9-8-13-20(21)25-22(27)18-26(2)23(28)19-12-11-15-24-17-19/h8-9,11-15,17H,3-7,10,16,18H2,1-2H3. The van der Waals surface area contributed by atoms with E-state index in [-0.39, 0.29) is 5.91 Å². The third-order valence-corrected chi connectivity index (χ3v) is 5.10. The average molecular weight is 379 g/mol. The van der Waals surface area contributed by atoms with Gasteiger partial charge in [-0.05, 0) is 30.7 Å². The lowest BCUT2D eigenvalue weighted by atomic mass is 10.1. The fraction of sp³-hybridized carbons (Fsp3) is 0.435. The van der Waals surface area contributed by atoms with Gasteiger partial charge in [0.2, 0.25) is 0 Å². The van der Waals surface area contributed by atoms with Gasteiger partial charge in [-0.25, -0.2) is 4.98 Å². The van der Waals surface area contributed by atoms with E-state index in [9.17, 15) is 4.79 Å². The van der Waals surface area contributed by atoms with Crippen molar-refractivity contribution in [2.75, 3.05) is 7.05 Å². The van der Waals surface area contributed by atoms with E-state index < -0.39 is 0 Å². The predicted molar refractivity (Wildman–Crippen MR) is 113 cm³/mol. The minimum absolute atomic E-state index is 0.0359. The third kappa shape index (κ3) is 4.97. The number of nitrogens with zero attached hydrogens (tertiary/aromatic N) is 4. The summed E-state index contributed by atoms with van der Waals surface area (Å²) in [7, 11) is 1.82. The average Bonchev–Trinajstić information content (AvgIpc) is 3.07. The Bertz CT molecular complexity index is 888. The molecule has 3 aromatic rings. The van der Waals surface area contributed by atoms with Crippen LogP contribution in [0.25, 0.3) is 11.0 Å². The molecule has 0 aliphatic carbocycles. The summed E-state index contributed by atoms with van der Waals surface area (Å²) in [5, 5.41) is 0. The van der Waals surface area contributed by atoms with Gasteiger partial charge in [0.1, 0.15) is 5.82 Å². The molecule has 0 bridgehead atoms. The first-order valence-electron chi connectivity index (χ1n) is 10.3. The molecule has 0 N–H and O–H groups in total. The summed E-state index contributed by atoms with van der Waals surface area (Å²) < 4.78 is 2.28. The Morgan fingerprint density at radius 1 is 1.04 bits per heavy atom. The van der Waals surface area contributed by atoms with Crippen LogP contribution in [0.4, 0.5) is 0 Å². The van der Waals surface area contributed by atoms with Crippen molar-refractivity contribution in [1.29, 1.82) is 0 Å². The summed E-state index contributed by atoms with van der Waals surface area (Å²) in [6.45, 7) is 3.67. The molecule has 5 nitrogen and oxygen atoms in total. The van der Waals surface area contributed by atoms with Gasteiger partial charge in [-0.1, -0.05) is 51.2 Å². The number of hydrogen-bond acceptors (Lipinski definition) is 3. The van der Waals surface area contributed by atoms with Gasteiger partial charge in [0, 0.05) is 26.0 Å². The number of carbonyl (C=O) groups excluding carboxylic acids is 1. The van der Waals surface area contributed by atoms with Crippen LogP contribution in [0.3, 0.4) is 0 Å². The SMILES string of the molecule is CCCCCCCCn1c(CN(C)C(=O)c2cccnc2)nc2ccccc21. The maximum absolute atomic E-state index is 12.7. The minimum Gasteiger partial charge on any atom is -0.334 e. The predicted octanol–water partition coefficient (Wildman–Crippen LogP) is 5.06. The van der Waals surface area contributed by atoms with Gasteiger partial charge < -0.3 is 9.47 Å². The molecular weight excluding hydrogens is 348 g/mol. The van der Waals surface area contributed by atoms with E-state index in [0.29, 0.717) is 12.1 Å². The molecule has 1 amide bonds. The summed E-state index contributed by atoms with van der Waals surface area (Å²) in [6, 6.07) is 11.8. The Balaban J connectivity index is 1.72. The highest BCUT2D eigenvalue weighted by molar-refractivity contribution is 5.93. The maximum Gasteiger partial charge on any atom is 0.255 e. The molecule has 2 heterocycles. The summed E-state index contributed by atoms with van der Waals surface area (Å²) >= 11 is 0. The zero-order chi connectivity index (χ0) is 19.8. The Kier molecular flexibility index (Phi) is 7.18. The Hall–Kier alpha value is -2.69. The van der Waals surface area contributed by atoms with Crippen LogP contribution in [0.2, 0.25) is 0 Å². The zero-order valence-electron chi connectivity index (χ0n) is 17.0. The van der Waals surface area contributed by atoms with Crippen molar-refractivity contribution in [3.63, 3.8) is 0 Å². The first-order valence-corrected chi connectivity index (χ1v) is 10.3. The minimum atomic E-state index is -0.0359. The lowest BCUT2D eigenvalue weighted by Gasteiger charge is -2.18. The molecule has 0 aliphatic rings. The van der Waals surface area contributed by atoms with E-state index in [4.69, 9.17) is 4.98 Å². The summed E-state index contributed by atoms with van der Waals surface area (Å²) in [5.74, 6) is 0.903. The van der Waals surface area contributed by atoms with E-state index in [2.05, 4.69) is 28.6 Å². The van der Waals surface area contributed by atoms with Crippen molar-refractivity contribution < 1.29 is 4.79 Å². The van der Waals surface area contributed by atoms with Crippen LogP contribution in [0.5, 0.6) is 0 Å². The van der Waals surface area contributed by atoms with E-state index in [1.807, 2.05) is 19.2 Å². The van der Waals surface area contributed by atoms with Crippen LogP contribution in [0.15, 0.2) is 48.8 Å². The van der Waals surface area contributed by atoms with Crippen LogP contribution in [0, 0.1) is 0 Å². The van der Waals surface area contributed by atoms with Crippen LogP contribution in [0.1, 0.15) is 61.6 Å². The fourth-order valence-electron chi connectivity index (χ4n) is 3.54. The highest BCUT2D eigenvalue weighted by atomic mass is 16.2. The van der Waals surface area contributed by atoms with Crippen molar-refractivity contribution in [3.05, 3.63) is 60.2 Å². The molecule has 0 radical (unpaired) electrons. The van der Waals surface area contributed by atoms with Crippen molar-refractivity contribution in [2.24, 2.45) is 0 Å². The zero-order valence-corrected chi connectivity index (χ0v) is 17.0. The molecule has 0 unspecified atom stereocenters. The van der Waals surface area contributed by atoms with Crippen LogP contribution >= 0.6 is 0 Å². The molecule has 148 valence electrons. The molecule has 0 spiro atoms. The van der Waals surface area contributed by atoms with E-state index >= 15 is 0 Å². The molecule has 0 atom stereocenters. The second-order valence-electron chi connectivity index (χ2n) is 7.34. The molecule has 2 aromatic heterocycles. The van der Waals surface area contributed by atoms with Gasteiger partial charge in [0.05, 0.1) is 23.1 Å². The van der Waals surface area contributed by atoms with Gasteiger partial charge in [-0.3, -0.25) is 9.78 Å². The number of benzene rings is 1. The van der Waals surface area contributed by atoms with Gasteiger partial charge in [-0.15, -0.1) is 0 Å². The number of unbranched alkanes of at least 4 members (excludes halogenated alkanes) is 5. The van der Waals surface area contributed by atoms with Gasteiger partial charge in [0.25, 0.3) is 5.91 Å². The maximum atomic E-state index is 12.7. The van der Waals surface area contributed by atoms with Crippen molar-refractivity contribution in [1.82, 2.24) is 19.4 Å². The van der Waals surface area contributed by atoms with Crippen LogP contribution in [-0.2, 0) is 13.1 Å². The van der Waals surface area contributed by atoms with E-state index in [1.165, 1.54) is 32.1 Å². The molecule has 3 rings (SSSR count). The van der Waals surface area contributed by atoms with Crippen molar-refractivity contribution >= 4 is 16.9 Å². The second-order valence-corrected chi connectivity index (χ2v) is 7.34. The summed E-state index contributed by atoms with van der Waals surface area (Å²) in [5.41, 5.74) is 2.74. The topological polar surface area (TPSA) is 51.0 Å². The molecular formula is C23H30N4O. The molecule has 5 heteroatoms. The largest absolute Gasteiger partial charge is 0.334 e. The van der Waals surface area contributed by atoms with Gasteiger partial charge >= 0.3 is 0 Å². The fourth-order valence-corrected chi connectivity index (χ4v) is 3.54. The number of amides is 1. The number of fused-ring (bicyclic) bond motifs is 1. The smallest absolute Gasteiger partial charge is 0.255 e. The lowest BCUT2D eigenvalue weighted by molar-refractivity contribution is 0.0779. The molecule has 0 aliphatic heterocycles. The molecule has 0 fully saturated rings. The Morgan fingerprint density at radius 3 is 2.61 bits per heavy atom. The molecule has 28 heavy (non-hydrogen) atoms. The quantitative estimate of drug-likeness (QED) is 0.463. The number of aryl methyl sites for hydroxylation is 1. The van der Waals surface area contributed by atoms with Crippen LogP contribution < -0.4 is 0 Å². The molecule has 1 aromatic carbocycles. The number of carbonyl (C=O) groups is 1. The summed E-state index contributed by atoms with van der Waals surface area (Å²) in [4.78, 5) is 23.3. The van der Waals surface area contributed by atoms with E-state index in [0.717, 1.165) is 29.8 Å². The Morgan fingerprint density at radius 2 is 1.82 bits per heavy atom. The van der Waals surface area contributed by atoms with Gasteiger partial charge in [-0.2, -0.15) is 0 Å². The van der Waals surface area contributed by atoms with Gasteiger partial charge in [0.15, 0.2) is 0 Å². The third-order valence-electron chi connectivity index (χ3n) is 5.10. The molecule has 0 saturated carbocycles. The van der Waals surface area contributed by atoms with Crippen molar-refractivity contribution in [3.8, 4) is 0 Å². The normalized spacial score (nSPS) is 11.1. The monoisotopic (exact) mass is 378 g/mol. The number of pyridine rings is 1. The number of para-hydroxylation sites is 2. The second kappa shape index (κ2) is 10.0. The first-order chi connectivity index (χ1) is 13.7. The summed E-state index contributed by atoms with van der Waals surface area (Å²) in [6.07, 6.45) is 10.8. The first kappa shape index (κ1) is 20.1. The number of aromatic nitrogens is 3. The Labute approximate surface area is 167 Å². The highest BCUT2D eigenvalue weighted by Crippen LogP contribution is 2.19. The van der Waals surface area contributed by atoms with Crippen molar-refractivity contribution in [2.45, 2.75) is 58.5 Å². The number of rotatable bonds is 10. The van der Waals surface area contributed by atoms with E-state index in [1.54, 1.807) is 29.4 Å². The number of hydrogen-bond donors (Lipinski definition) is 0. The molecule has 0 saturated heterocycles. The highest BCUT2D eigenvalue weighted by Gasteiger charge is 2.17. The number of imidazole rings is 1.